The van der Waals surface area contributed by atoms with Crippen molar-refractivity contribution in [2.75, 3.05) is 5.75 Å². The molecular formula is C15H18N2S2. The third kappa shape index (κ3) is 2.95. The van der Waals surface area contributed by atoms with E-state index in [-0.39, 0.29) is 0 Å². The van der Waals surface area contributed by atoms with E-state index in [1.54, 1.807) is 0 Å². The summed E-state index contributed by atoms with van der Waals surface area (Å²) in [5.41, 5.74) is 2.44. The molecule has 1 atom stereocenters. The molecule has 2 aromatic rings. The Hall–Kier alpha value is -1.000. The summed E-state index contributed by atoms with van der Waals surface area (Å²) >= 11 is 7.53. The highest BCUT2D eigenvalue weighted by molar-refractivity contribution is 7.99. The number of nitrogens with zero attached hydrogens (tertiary/aromatic N) is 1. The van der Waals surface area contributed by atoms with E-state index < -0.39 is 0 Å². The van der Waals surface area contributed by atoms with Gasteiger partial charge in [0.1, 0.15) is 0 Å². The van der Waals surface area contributed by atoms with Crippen LogP contribution in [0.3, 0.4) is 0 Å². The molecule has 0 radical (unpaired) electrons. The summed E-state index contributed by atoms with van der Waals surface area (Å²) < 4.78 is 3.10. The fourth-order valence-corrected chi connectivity index (χ4v) is 4.10. The lowest BCUT2D eigenvalue weighted by Gasteiger charge is -2.22. The number of imidazole rings is 1. The molecule has 0 bridgehead atoms. The summed E-state index contributed by atoms with van der Waals surface area (Å²) in [4.78, 5) is 3.19. The van der Waals surface area contributed by atoms with Crippen molar-refractivity contribution in [1.29, 1.82) is 0 Å². The van der Waals surface area contributed by atoms with Gasteiger partial charge < -0.3 is 9.55 Å². The molecule has 1 fully saturated rings. The second-order valence-electron chi connectivity index (χ2n) is 4.94. The summed E-state index contributed by atoms with van der Waals surface area (Å²) in [7, 11) is 0. The summed E-state index contributed by atoms with van der Waals surface area (Å²) in [5, 5.41) is 0.707. The summed E-state index contributed by atoms with van der Waals surface area (Å²) in [5.74, 6) is 1.29. The van der Waals surface area contributed by atoms with Gasteiger partial charge in [-0.1, -0.05) is 36.8 Å². The van der Waals surface area contributed by atoms with Gasteiger partial charge in [0, 0.05) is 18.0 Å². The summed E-state index contributed by atoms with van der Waals surface area (Å²) in [6.07, 6.45) is 6.07. The zero-order chi connectivity index (χ0) is 13.1. The summed E-state index contributed by atoms with van der Waals surface area (Å²) in [6.45, 7) is 1.03. The maximum Gasteiger partial charge on any atom is 0.177 e. The molecule has 0 aliphatic carbocycles. The van der Waals surface area contributed by atoms with Gasteiger partial charge in [0.05, 0.1) is 5.69 Å². The van der Waals surface area contributed by atoms with E-state index in [2.05, 4.69) is 45.6 Å². The van der Waals surface area contributed by atoms with Gasteiger partial charge in [0.15, 0.2) is 4.77 Å². The first-order valence-electron chi connectivity index (χ1n) is 6.80. The van der Waals surface area contributed by atoms with Crippen molar-refractivity contribution in [2.24, 2.45) is 0 Å². The first-order chi connectivity index (χ1) is 9.34. The van der Waals surface area contributed by atoms with Gasteiger partial charge in [-0.25, -0.2) is 0 Å². The monoisotopic (exact) mass is 290 g/mol. The number of aromatic amines is 1. The Balaban J connectivity index is 1.88. The minimum Gasteiger partial charge on any atom is -0.337 e. The second kappa shape index (κ2) is 5.97. The fourth-order valence-electron chi connectivity index (χ4n) is 2.58. The molecule has 19 heavy (non-hydrogen) atoms. The second-order valence-corrected chi connectivity index (χ2v) is 6.74. The number of thioether (sulfide) groups is 1. The van der Waals surface area contributed by atoms with Gasteiger partial charge in [0.2, 0.25) is 0 Å². The van der Waals surface area contributed by atoms with Crippen molar-refractivity contribution < 1.29 is 0 Å². The van der Waals surface area contributed by atoms with Crippen LogP contribution in [-0.4, -0.2) is 20.6 Å². The van der Waals surface area contributed by atoms with Gasteiger partial charge in [-0.3, -0.25) is 0 Å². The molecule has 2 heterocycles. The highest BCUT2D eigenvalue weighted by Crippen LogP contribution is 2.28. The molecule has 1 unspecified atom stereocenters. The van der Waals surface area contributed by atoms with Crippen LogP contribution < -0.4 is 0 Å². The van der Waals surface area contributed by atoms with Crippen molar-refractivity contribution in [3.8, 4) is 11.3 Å². The number of rotatable bonds is 3. The predicted molar refractivity (Wildman–Crippen MR) is 85.1 cm³/mol. The van der Waals surface area contributed by atoms with Gasteiger partial charge in [-0.05, 0) is 36.4 Å². The lowest BCUT2D eigenvalue weighted by atomic mass is 10.1. The van der Waals surface area contributed by atoms with Crippen LogP contribution in [0.1, 0.15) is 19.3 Å². The zero-order valence-electron chi connectivity index (χ0n) is 10.8. The molecule has 1 aliphatic rings. The van der Waals surface area contributed by atoms with E-state index in [0.29, 0.717) is 5.25 Å². The Kier molecular flexibility index (Phi) is 4.09. The fraction of sp³-hybridized carbons (Fsp3) is 0.400. The maximum absolute atomic E-state index is 5.44. The van der Waals surface area contributed by atoms with Crippen molar-refractivity contribution in [1.82, 2.24) is 9.55 Å². The van der Waals surface area contributed by atoms with E-state index in [1.807, 2.05) is 12.3 Å². The quantitative estimate of drug-likeness (QED) is 0.840. The van der Waals surface area contributed by atoms with E-state index in [9.17, 15) is 0 Å². The third-order valence-electron chi connectivity index (χ3n) is 3.60. The van der Waals surface area contributed by atoms with Crippen molar-refractivity contribution in [2.45, 2.75) is 31.1 Å². The maximum atomic E-state index is 5.44. The molecule has 0 amide bonds. The Bertz CT molecular complexity index is 580. The van der Waals surface area contributed by atoms with E-state index in [4.69, 9.17) is 12.2 Å². The molecule has 2 nitrogen and oxygen atoms in total. The molecule has 0 spiro atoms. The largest absolute Gasteiger partial charge is 0.337 e. The number of hydrogen-bond acceptors (Lipinski definition) is 2. The number of nitrogens with one attached hydrogen (secondary N) is 1. The molecule has 1 saturated heterocycles. The summed E-state index contributed by atoms with van der Waals surface area (Å²) in [6, 6.07) is 10.5. The van der Waals surface area contributed by atoms with E-state index in [0.717, 1.165) is 11.3 Å². The average molecular weight is 290 g/mol. The van der Waals surface area contributed by atoms with E-state index in [1.165, 1.54) is 36.3 Å². The molecule has 3 rings (SSSR count). The lowest BCUT2D eigenvalue weighted by molar-refractivity contribution is 0.582. The van der Waals surface area contributed by atoms with Crippen LogP contribution in [0.2, 0.25) is 0 Å². The van der Waals surface area contributed by atoms with Crippen LogP contribution in [0.15, 0.2) is 36.5 Å². The highest BCUT2D eigenvalue weighted by atomic mass is 32.2. The third-order valence-corrected chi connectivity index (χ3v) is 5.32. The Morgan fingerprint density at radius 2 is 2.11 bits per heavy atom. The molecule has 1 aromatic heterocycles. The smallest absolute Gasteiger partial charge is 0.177 e. The number of benzene rings is 1. The van der Waals surface area contributed by atoms with Gasteiger partial charge in [-0.15, -0.1) is 0 Å². The molecule has 0 saturated carbocycles. The minimum absolute atomic E-state index is 0.707. The molecule has 1 aliphatic heterocycles. The SMILES string of the molecule is S=c1[nH]cc(-c2ccccc2)n1CC1CCCCS1. The van der Waals surface area contributed by atoms with Crippen LogP contribution in [0, 0.1) is 4.77 Å². The minimum atomic E-state index is 0.707. The highest BCUT2D eigenvalue weighted by Gasteiger charge is 2.16. The van der Waals surface area contributed by atoms with Crippen molar-refractivity contribution >= 4 is 24.0 Å². The van der Waals surface area contributed by atoms with E-state index >= 15 is 0 Å². The van der Waals surface area contributed by atoms with Crippen LogP contribution in [0.25, 0.3) is 11.3 Å². The predicted octanol–water partition coefficient (Wildman–Crippen LogP) is 4.50. The zero-order valence-corrected chi connectivity index (χ0v) is 12.5. The Morgan fingerprint density at radius 3 is 2.84 bits per heavy atom. The van der Waals surface area contributed by atoms with Crippen LogP contribution in [0.4, 0.5) is 0 Å². The van der Waals surface area contributed by atoms with Gasteiger partial charge in [-0.2, -0.15) is 11.8 Å². The van der Waals surface area contributed by atoms with Crippen LogP contribution in [-0.2, 0) is 6.54 Å². The lowest BCUT2D eigenvalue weighted by Crippen LogP contribution is -2.17. The topological polar surface area (TPSA) is 20.7 Å². The van der Waals surface area contributed by atoms with Crippen LogP contribution >= 0.6 is 24.0 Å². The van der Waals surface area contributed by atoms with Crippen molar-refractivity contribution in [3.05, 3.63) is 41.3 Å². The first kappa shape index (κ1) is 13.0. The standard InChI is InChI=1S/C15H18N2S2/c18-15-16-10-14(12-6-2-1-3-7-12)17(15)11-13-8-4-5-9-19-13/h1-3,6-7,10,13H,4-5,8-9,11H2,(H,16,18). The molecule has 1 aromatic carbocycles. The van der Waals surface area contributed by atoms with Crippen molar-refractivity contribution in [3.63, 3.8) is 0 Å². The van der Waals surface area contributed by atoms with Gasteiger partial charge in [0.25, 0.3) is 0 Å². The Morgan fingerprint density at radius 1 is 1.26 bits per heavy atom. The van der Waals surface area contributed by atoms with Gasteiger partial charge >= 0.3 is 0 Å². The first-order valence-corrected chi connectivity index (χ1v) is 8.25. The Labute approximate surface area is 123 Å². The normalized spacial score (nSPS) is 19.5. The molecule has 100 valence electrons. The molecule has 1 N–H and O–H groups in total. The number of aromatic nitrogens is 2. The average Bonchev–Trinajstić information content (AvgIpc) is 2.82. The number of hydrogen-bond donors (Lipinski definition) is 1. The number of H-pyrrole nitrogens is 1. The molecule has 4 heteroatoms. The molecular weight excluding hydrogens is 272 g/mol. The van der Waals surface area contributed by atoms with Crippen LogP contribution in [0.5, 0.6) is 0 Å².